The zero-order chi connectivity index (χ0) is 15.4. The first kappa shape index (κ1) is 14.4. The molecule has 3 rings (SSSR count). The van der Waals surface area contributed by atoms with E-state index < -0.39 is 0 Å². The lowest BCUT2D eigenvalue weighted by Crippen LogP contribution is -2.24. The zero-order valence-electron chi connectivity index (χ0n) is 11.9. The van der Waals surface area contributed by atoms with Crippen LogP contribution in [0.3, 0.4) is 0 Å². The SMILES string of the molecule is Cc1ccsc1-c1nnc(CC(=O)NCc2cccnc2)o1. The maximum Gasteiger partial charge on any atom is 0.258 e. The van der Waals surface area contributed by atoms with Gasteiger partial charge in [-0.1, -0.05) is 6.07 Å². The Morgan fingerprint density at radius 3 is 3.00 bits per heavy atom. The van der Waals surface area contributed by atoms with Crippen molar-refractivity contribution in [1.82, 2.24) is 20.5 Å². The Morgan fingerprint density at radius 2 is 2.27 bits per heavy atom. The summed E-state index contributed by atoms with van der Waals surface area (Å²) in [5, 5.41) is 12.7. The summed E-state index contributed by atoms with van der Waals surface area (Å²) < 4.78 is 5.55. The molecular weight excluding hydrogens is 300 g/mol. The number of rotatable bonds is 5. The Kier molecular flexibility index (Phi) is 4.24. The number of carbonyl (C=O) groups is 1. The average Bonchev–Trinajstić information content (AvgIpc) is 3.15. The van der Waals surface area contributed by atoms with Gasteiger partial charge in [0.05, 0.1) is 4.88 Å². The largest absolute Gasteiger partial charge is 0.419 e. The van der Waals surface area contributed by atoms with E-state index in [-0.39, 0.29) is 12.3 Å². The second-order valence-corrected chi connectivity index (χ2v) is 5.66. The van der Waals surface area contributed by atoms with Crippen LogP contribution in [0.1, 0.15) is 17.0 Å². The average molecular weight is 314 g/mol. The van der Waals surface area contributed by atoms with Gasteiger partial charge in [0.25, 0.3) is 5.89 Å². The first-order chi connectivity index (χ1) is 10.7. The van der Waals surface area contributed by atoms with Gasteiger partial charge in [-0.25, -0.2) is 0 Å². The van der Waals surface area contributed by atoms with E-state index in [0.29, 0.717) is 18.3 Å². The van der Waals surface area contributed by atoms with E-state index in [0.717, 1.165) is 16.0 Å². The number of amides is 1. The first-order valence-electron chi connectivity index (χ1n) is 6.75. The van der Waals surface area contributed by atoms with Crippen LogP contribution >= 0.6 is 11.3 Å². The second kappa shape index (κ2) is 6.48. The van der Waals surface area contributed by atoms with Gasteiger partial charge in [-0.05, 0) is 35.6 Å². The summed E-state index contributed by atoms with van der Waals surface area (Å²) in [5.41, 5.74) is 2.03. The third-order valence-corrected chi connectivity index (χ3v) is 4.05. The molecule has 0 aliphatic carbocycles. The van der Waals surface area contributed by atoms with Gasteiger partial charge < -0.3 is 9.73 Å². The molecule has 22 heavy (non-hydrogen) atoms. The molecule has 1 N–H and O–H groups in total. The smallest absolute Gasteiger partial charge is 0.258 e. The van der Waals surface area contributed by atoms with Crippen LogP contribution in [0.2, 0.25) is 0 Å². The molecule has 0 radical (unpaired) electrons. The van der Waals surface area contributed by atoms with E-state index in [1.807, 2.05) is 30.5 Å². The van der Waals surface area contributed by atoms with Crippen LogP contribution in [0.15, 0.2) is 40.4 Å². The molecule has 0 atom stereocenters. The summed E-state index contributed by atoms with van der Waals surface area (Å²) in [7, 11) is 0. The second-order valence-electron chi connectivity index (χ2n) is 4.75. The van der Waals surface area contributed by atoms with Crippen LogP contribution in [0.5, 0.6) is 0 Å². The van der Waals surface area contributed by atoms with Crippen molar-refractivity contribution in [2.45, 2.75) is 19.9 Å². The quantitative estimate of drug-likeness (QED) is 0.782. The molecule has 6 nitrogen and oxygen atoms in total. The Hall–Kier alpha value is -2.54. The molecule has 1 amide bonds. The number of aromatic nitrogens is 3. The minimum atomic E-state index is -0.165. The van der Waals surface area contributed by atoms with Gasteiger partial charge in [-0.3, -0.25) is 9.78 Å². The van der Waals surface area contributed by atoms with Gasteiger partial charge in [-0.2, -0.15) is 0 Å². The van der Waals surface area contributed by atoms with Crippen molar-refractivity contribution in [3.05, 3.63) is 53.0 Å². The number of carbonyl (C=O) groups excluding carboxylic acids is 1. The lowest BCUT2D eigenvalue weighted by Gasteiger charge is -2.02. The van der Waals surface area contributed by atoms with Crippen molar-refractivity contribution in [2.24, 2.45) is 0 Å². The maximum absolute atomic E-state index is 11.9. The molecular formula is C15H14N4O2S. The third kappa shape index (κ3) is 3.37. The van der Waals surface area contributed by atoms with Crippen molar-refractivity contribution < 1.29 is 9.21 Å². The number of thiophene rings is 1. The number of aryl methyl sites for hydroxylation is 1. The van der Waals surface area contributed by atoms with Gasteiger partial charge in [0.2, 0.25) is 11.8 Å². The van der Waals surface area contributed by atoms with Crippen LogP contribution in [0, 0.1) is 6.92 Å². The Morgan fingerprint density at radius 1 is 1.36 bits per heavy atom. The minimum absolute atomic E-state index is 0.0671. The Bertz CT molecular complexity index is 767. The zero-order valence-corrected chi connectivity index (χ0v) is 12.8. The lowest BCUT2D eigenvalue weighted by atomic mass is 10.3. The number of hydrogen-bond acceptors (Lipinski definition) is 6. The van der Waals surface area contributed by atoms with Crippen LogP contribution < -0.4 is 5.32 Å². The molecule has 3 aromatic heterocycles. The van der Waals surface area contributed by atoms with Crippen LogP contribution in [0.25, 0.3) is 10.8 Å². The molecule has 0 aliphatic heterocycles. The highest BCUT2D eigenvalue weighted by molar-refractivity contribution is 7.13. The highest BCUT2D eigenvalue weighted by atomic mass is 32.1. The predicted molar refractivity (Wildman–Crippen MR) is 82.1 cm³/mol. The summed E-state index contributed by atoms with van der Waals surface area (Å²) >= 11 is 1.54. The van der Waals surface area contributed by atoms with Crippen LogP contribution in [0.4, 0.5) is 0 Å². The van der Waals surface area contributed by atoms with Crippen molar-refractivity contribution in [1.29, 1.82) is 0 Å². The van der Waals surface area contributed by atoms with Crippen molar-refractivity contribution in [2.75, 3.05) is 0 Å². The van der Waals surface area contributed by atoms with E-state index in [2.05, 4.69) is 20.5 Å². The first-order valence-corrected chi connectivity index (χ1v) is 7.63. The standard InChI is InChI=1S/C15H14N4O2S/c1-10-4-6-22-14(10)15-19-18-13(21-15)7-12(20)17-9-11-3-2-5-16-8-11/h2-6,8H,7,9H2,1H3,(H,17,20). The molecule has 3 heterocycles. The van der Waals surface area contributed by atoms with E-state index in [4.69, 9.17) is 4.42 Å². The number of nitrogens with one attached hydrogen (secondary N) is 1. The fraction of sp³-hybridized carbons (Fsp3) is 0.200. The molecule has 0 fully saturated rings. The molecule has 7 heteroatoms. The molecule has 3 aromatic rings. The summed E-state index contributed by atoms with van der Waals surface area (Å²) in [5.74, 6) is 0.607. The minimum Gasteiger partial charge on any atom is -0.419 e. The molecule has 0 spiro atoms. The fourth-order valence-corrected chi connectivity index (χ4v) is 2.76. The van der Waals surface area contributed by atoms with Gasteiger partial charge in [0.15, 0.2) is 0 Å². The highest BCUT2D eigenvalue weighted by Crippen LogP contribution is 2.27. The monoisotopic (exact) mass is 314 g/mol. The van der Waals surface area contributed by atoms with Crippen LogP contribution in [-0.2, 0) is 17.8 Å². The molecule has 0 aromatic carbocycles. The van der Waals surface area contributed by atoms with Crippen molar-refractivity contribution >= 4 is 17.2 Å². The van der Waals surface area contributed by atoms with Gasteiger partial charge >= 0.3 is 0 Å². The summed E-state index contributed by atoms with van der Waals surface area (Å²) in [4.78, 5) is 16.8. The summed E-state index contributed by atoms with van der Waals surface area (Å²) in [6.07, 6.45) is 3.47. The lowest BCUT2D eigenvalue weighted by molar-refractivity contribution is -0.120. The molecule has 0 aliphatic rings. The molecule has 0 saturated carbocycles. The van der Waals surface area contributed by atoms with Gasteiger partial charge in [0, 0.05) is 18.9 Å². The third-order valence-electron chi connectivity index (χ3n) is 3.05. The van der Waals surface area contributed by atoms with E-state index in [9.17, 15) is 4.79 Å². The fourth-order valence-electron chi connectivity index (χ4n) is 1.91. The van der Waals surface area contributed by atoms with Crippen molar-refractivity contribution in [3.8, 4) is 10.8 Å². The van der Waals surface area contributed by atoms with E-state index in [1.54, 1.807) is 12.4 Å². The normalized spacial score (nSPS) is 10.6. The molecule has 112 valence electrons. The molecule has 0 bridgehead atoms. The molecule has 0 unspecified atom stereocenters. The predicted octanol–water partition coefficient (Wildman–Crippen LogP) is 2.36. The van der Waals surface area contributed by atoms with Crippen LogP contribution in [-0.4, -0.2) is 21.1 Å². The van der Waals surface area contributed by atoms with E-state index in [1.165, 1.54) is 11.3 Å². The number of nitrogens with zero attached hydrogens (tertiary/aromatic N) is 3. The van der Waals surface area contributed by atoms with Gasteiger partial charge in [-0.15, -0.1) is 21.5 Å². The topological polar surface area (TPSA) is 80.9 Å². The van der Waals surface area contributed by atoms with Crippen molar-refractivity contribution in [3.63, 3.8) is 0 Å². The Labute approximate surface area is 131 Å². The maximum atomic E-state index is 11.9. The number of hydrogen-bond donors (Lipinski definition) is 1. The van der Waals surface area contributed by atoms with E-state index >= 15 is 0 Å². The highest BCUT2D eigenvalue weighted by Gasteiger charge is 2.14. The summed E-state index contributed by atoms with van der Waals surface area (Å²) in [6.45, 7) is 2.41. The Balaban J connectivity index is 1.58. The van der Waals surface area contributed by atoms with Gasteiger partial charge in [0.1, 0.15) is 6.42 Å². The molecule has 0 saturated heterocycles. The summed E-state index contributed by atoms with van der Waals surface area (Å²) in [6, 6.07) is 5.72. The number of pyridine rings is 1.